The molecule has 1 spiro atoms. The summed E-state index contributed by atoms with van der Waals surface area (Å²) in [7, 11) is 0. The number of alkyl halides is 2. The number of halogens is 4. The van der Waals surface area contributed by atoms with Gasteiger partial charge in [-0.05, 0) is 62.2 Å². The van der Waals surface area contributed by atoms with Gasteiger partial charge >= 0.3 is 0 Å². The lowest BCUT2D eigenvalue weighted by atomic mass is 9.56. The first-order valence-corrected chi connectivity index (χ1v) is 14.3. The standard InChI is InChI=1S/C30H26ClF3N4O2S/c1-29(40)13-30(14-29)15-38(16-30)25-4-2-3-24(37-25)22-6-5-17-11-35-20(10-23(17)26(22)32)12-36-27(39)18-7-19(31)9-21(8-18)41-28(33)34/h2-11,28,40H,12-16H2,1H3,(H,36,39). The first-order valence-electron chi connectivity index (χ1n) is 13.0. The molecule has 1 aliphatic carbocycles. The quantitative estimate of drug-likeness (QED) is 0.231. The number of anilines is 1. The van der Waals surface area contributed by atoms with E-state index in [2.05, 4.69) is 15.2 Å². The summed E-state index contributed by atoms with van der Waals surface area (Å²) in [6, 6.07) is 14.7. The minimum atomic E-state index is -2.64. The smallest absolute Gasteiger partial charge is 0.288 e. The predicted molar refractivity (Wildman–Crippen MR) is 154 cm³/mol. The molecule has 0 unspecified atom stereocenters. The molecule has 1 saturated heterocycles. The number of aliphatic hydroxyl groups is 1. The van der Waals surface area contributed by atoms with Gasteiger partial charge in [-0.15, -0.1) is 0 Å². The minimum Gasteiger partial charge on any atom is -0.390 e. The van der Waals surface area contributed by atoms with Crippen LogP contribution in [0.4, 0.5) is 19.0 Å². The molecule has 2 fully saturated rings. The summed E-state index contributed by atoms with van der Waals surface area (Å²) in [6.07, 6.45) is 3.10. The number of pyridine rings is 2. The lowest BCUT2D eigenvalue weighted by Gasteiger charge is -2.62. The van der Waals surface area contributed by atoms with Crippen LogP contribution in [0.15, 0.2) is 65.7 Å². The van der Waals surface area contributed by atoms with Gasteiger partial charge in [-0.3, -0.25) is 9.78 Å². The Kier molecular flexibility index (Phi) is 7.12. The molecule has 2 aromatic carbocycles. The molecule has 11 heteroatoms. The SMILES string of the molecule is CC1(O)CC2(CN(c3cccc(-c4ccc5cnc(CNC(=O)c6cc(Cl)cc(SC(F)F)c6)cc5c4F)n3)C2)C1. The van der Waals surface area contributed by atoms with Crippen LogP contribution in [0.3, 0.4) is 0 Å². The molecule has 0 radical (unpaired) electrons. The third kappa shape index (κ3) is 5.73. The van der Waals surface area contributed by atoms with Gasteiger partial charge < -0.3 is 15.3 Å². The zero-order valence-electron chi connectivity index (χ0n) is 22.0. The second-order valence-electron chi connectivity index (χ2n) is 11.1. The van der Waals surface area contributed by atoms with Crippen LogP contribution in [-0.2, 0) is 6.54 Å². The number of hydrogen-bond acceptors (Lipinski definition) is 6. The van der Waals surface area contributed by atoms with Gasteiger partial charge in [0, 0.05) is 56.5 Å². The number of carbonyl (C=O) groups is 1. The van der Waals surface area contributed by atoms with E-state index in [0.29, 0.717) is 39.5 Å². The highest BCUT2D eigenvalue weighted by Gasteiger charge is 2.57. The van der Waals surface area contributed by atoms with Gasteiger partial charge in [-0.25, -0.2) is 9.37 Å². The number of hydrogen-bond donors (Lipinski definition) is 2. The van der Waals surface area contributed by atoms with Crippen LogP contribution in [0.25, 0.3) is 22.0 Å². The van der Waals surface area contributed by atoms with E-state index < -0.39 is 23.1 Å². The van der Waals surface area contributed by atoms with Gasteiger partial charge in [0.1, 0.15) is 11.6 Å². The third-order valence-corrected chi connectivity index (χ3v) is 8.49. The Morgan fingerprint density at radius 1 is 1.17 bits per heavy atom. The molecule has 4 aromatic rings. The van der Waals surface area contributed by atoms with E-state index in [1.807, 2.05) is 19.1 Å². The van der Waals surface area contributed by atoms with Crippen molar-refractivity contribution in [3.05, 3.63) is 82.9 Å². The largest absolute Gasteiger partial charge is 0.390 e. The number of fused-ring (bicyclic) bond motifs is 1. The predicted octanol–water partition coefficient (Wildman–Crippen LogP) is 6.69. The van der Waals surface area contributed by atoms with Crippen molar-refractivity contribution in [2.45, 2.75) is 42.6 Å². The van der Waals surface area contributed by atoms with Gasteiger partial charge in [0.2, 0.25) is 0 Å². The van der Waals surface area contributed by atoms with E-state index in [1.54, 1.807) is 24.3 Å². The fourth-order valence-electron chi connectivity index (χ4n) is 6.12. The molecule has 212 valence electrons. The molecule has 1 saturated carbocycles. The summed E-state index contributed by atoms with van der Waals surface area (Å²) < 4.78 is 41.3. The van der Waals surface area contributed by atoms with Crippen LogP contribution >= 0.6 is 23.4 Å². The number of rotatable bonds is 7. The first kappa shape index (κ1) is 27.8. The summed E-state index contributed by atoms with van der Waals surface area (Å²) in [4.78, 5) is 24.1. The molecule has 1 aliphatic heterocycles. The molecule has 2 aliphatic rings. The maximum Gasteiger partial charge on any atom is 0.288 e. The zero-order chi connectivity index (χ0) is 28.9. The summed E-state index contributed by atoms with van der Waals surface area (Å²) in [5, 5.41) is 13.9. The fraction of sp³-hybridized carbons (Fsp3) is 0.300. The average molecular weight is 599 g/mol. The summed E-state index contributed by atoms with van der Waals surface area (Å²) in [6.45, 7) is 3.51. The van der Waals surface area contributed by atoms with Gasteiger partial charge in [0.15, 0.2) is 0 Å². The van der Waals surface area contributed by atoms with Crippen molar-refractivity contribution in [1.82, 2.24) is 15.3 Å². The molecule has 1 amide bonds. The highest BCUT2D eigenvalue weighted by atomic mass is 35.5. The molecule has 41 heavy (non-hydrogen) atoms. The molecule has 3 heterocycles. The summed E-state index contributed by atoms with van der Waals surface area (Å²) in [5.74, 6) is -2.83. The van der Waals surface area contributed by atoms with Gasteiger partial charge in [-0.1, -0.05) is 35.5 Å². The zero-order valence-corrected chi connectivity index (χ0v) is 23.6. The number of thioether (sulfide) groups is 1. The summed E-state index contributed by atoms with van der Waals surface area (Å²) >= 11 is 6.31. The van der Waals surface area contributed by atoms with Crippen LogP contribution in [0.2, 0.25) is 5.02 Å². The van der Waals surface area contributed by atoms with Crippen molar-refractivity contribution in [1.29, 1.82) is 0 Å². The van der Waals surface area contributed by atoms with E-state index >= 15 is 4.39 Å². The fourth-order valence-corrected chi connectivity index (χ4v) is 7.01. The van der Waals surface area contributed by atoms with Crippen molar-refractivity contribution in [2.24, 2.45) is 5.41 Å². The molecule has 0 atom stereocenters. The average Bonchev–Trinajstić information content (AvgIpc) is 2.88. The van der Waals surface area contributed by atoms with Crippen LogP contribution in [0.5, 0.6) is 0 Å². The molecule has 6 rings (SSSR count). The maximum absolute atomic E-state index is 15.8. The molecule has 2 aromatic heterocycles. The van der Waals surface area contributed by atoms with Gasteiger partial charge in [0.25, 0.3) is 11.7 Å². The van der Waals surface area contributed by atoms with Crippen molar-refractivity contribution in [2.75, 3.05) is 18.0 Å². The van der Waals surface area contributed by atoms with Crippen molar-refractivity contribution >= 4 is 45.9 Å². The molecule has 6 nitrogen and oxygen atoms in total. The molecular formula is C30H26ClF3N4O2S. The van der Waals surface area contributed by atoms with Crippen molar-refractivity contribution in [3.63, 3.8) is 0 Å². The van der Waals surface area contributed by atoms with Crippen LogP contribution in [0.1, 0.15) is 35.8 Å². The Balaban J connectivity index is 1.18. The maximum atomic E-state index is 15.8. The Labute approximate surface area is 243 Å². The number of nitrogens with one attached hydrogen (secondary N) is 1. The molecule has 2 N–H and O–H groups in total. The van der Waals surface area contributed by atoms with E-state index in [9.17, 15) is 18.7 Å². The number of aromatic nitrogens is 2. The van der Waals surface area contributed by atoms with Crippen LogP contribution < -0.4 is 10.2 Å². The Morgan fingerprint density at radius 3 is 2.68 bits per heavy atom. The normalized spacial score (nSPS) is 17.0. The van der Waals surface area contributed by atoms with E-state index in [0.717, 1.165) is 31.7 Å². The van der Waals surface area contributed by atoms with Gasteiger partial charge in [0.05, 0.1) is 23.5 Å². The molecule has 0 bridgehead atoms. The Bertz CT molecular complexity index is 1650. The number of carbonyl (C=O) groups excluding carboxylic acids is 1. The summed E-state index contributed by atoms with van der Waals surface area (Å²) in [5.41, 5.74) is 0.986. The number of amides is 1. The second-order valence-corrected chi connectivity index (χ2v) is 12.6. The highest BCUT2D eigenvalue weighted by molar-refractivity contribution is 7.99. The van der Waals surface area contributed by atoms with Crippen molar-refractivity contribution < 1.29 is 23.1 Å². The number of benzene rings is 2. The van der Waals surface area contributed by atoms with E-state index in [4.69, 9.17) is 16.6 Å². The Hall–Kier alpha value is -3.34. The number of nitrogens with zero attached hydrogens (tertiary/aromatic N) is 3. The van der Waals surface area contributed by atoms with Crippen LogP contribution in [0, 0.1) is 11.2 Å². The van der Waals surface area contributed by atoms with Gasteiger partial charge in [-0.2, -0.15) is 8.78 Å². The molecular weight excluding hydrogens is 573 g/mol. The van der Waals surface area contributed by atoms with E-state index in [1.165, 1.54) is 24.4 Å². The third-order valence-electron chi connectivity index (χ3n) is 7.58. The van der Waals surface area contributed by atoms with Crippen LogP contribution in [-0.4, -0.2) is 45.4 Å². The first-order chi connectivity index (χ1) is 19.5. The Morgan fingerprint density at radius 2 is 1.95 bits per heavy atom. The monoisotopic (exact) mass is 598 g/mol. The lowest BCUT2D eigenvalue weighted by molar-refractivity contribution is -0.126. The minimum absolute atomic E-state index is 0.000388. The second kappa shape index (κ2) is 10.5. The highest BCUT2D eigenvalue weighted by Crippen LogP contribution is 2.54. The van der Waals surface area contributed by atoms with Crippen molar-refractivity contribution in [3.8, 4) is 11.3 Å². The topological polar surface area (TPSA) is 78.4 Å². The lowest BCUT2D eigenvalue weighted by Crippen LogP contribution is -2.67. The van der Waals surface area contributed by atoms with E-state index in [-0.39, 0.29) is 27.4 Å².